The molecule has 29 heavy (non-hydrogen) atoms. The van der Waals surface area contributed by atoms with Crippen molar-refractivity contribution in [1.82, 2.24) is 0 Å². The van der Waals surface area contributed by atoms with Gasteiger partial charge in [0.1, 0.15) is 0 Å². The minimum Gasteiger partial charge on any atom is -0.375 e. The zero-order valence-corrected chi connectivity index (χ0v) is 17.8. The summed E-state index contributed by atoms with van der Waals surface area (Å²) in [5.74, 6) is -0.846. The average molecular weight is 446 g/mol. The third-order valence-electron chi connectivity index (χ3n) is 5.01. The summed E-state index contributed by atoms with van der Waals surface area (Å²) >= 11 is 13.7. The number of nitrogens with zero attached hydrogens (tertiary/aromatic N) is 1. The molecule has 2 heterocycles. The number of Topliss-reactive ketones (excluding diaryl/α,β-unsaturated/α-hetero) is 1. The van der Waals surface area contributed by atoms with Gasteiger partial charge in [-0.25, -0.2) is 0 Å². The Kier molecular flexibility index (Phi) is 5.25. The highest BCUT2D eigenvalue weighted by Gasteiger charge is 2.51. The third kappa shape index (κ3) is 3.60. The van der Waals surface area contributed by atoms with Crippen LogP contribution in [0.5, 0.6) is 0 Å². The van der Waals surface area contributed by atoms with Gasteiger partial charge < -0.3 is 10.0 Å². The van der Waals surface area contributed by atoms with Gasteiger partial charge in [-0.2, -0.15) is 0 Å². The first-order valence-electron chi connectivity index (χ1n) is 8.97. The number of benzene rings is 2. The molecule has 1 N–H and O–H groups in total. The number of rotatable bonds is 5. The minimum absolute atomic E-state index is 0.182. The molecule has 1 aromatic heterocycles. The second kappa shape index (κ2) is 7.58. The van der Waals surface area contributed by atoms with Crippen LogP contribution in [0.2, 0.25) is 10.0 Å². The largest absolute Gasteiger partial charge is 0.375 e. The molecule has 1 atom stereocenters. The van der Waals surface area contributed by atoms with Gasteiger partial charge in [-0.3, -0.25) is 9.59 Å². The summed E-state index contributed by atoms with van der Waals surface area (Å²) < 4.78 is 0. The first-order chi connectivity index (χ1) is 13.8. The Morgan fingerprint density at radius 3 is 2.59 bits per heavy atom. The first-order valence-corrected chi connectivity index (χ1v) is 10.5. The smallest absolute Gasteiger partial charge is 0.264 e. The molecule has 4 nitrogen and oxygen atoms in total. The molecule has 0 aliphatic carbocycles. The Bertz CT molecular complexity index is 1130. The number of ketones is 1. The van der Waals surface area contributed by atoms with E-state index in [4.69, 9.17) is 23.2 Å². The van der Waals surface area contributed by atoms with E-state index in [1.807, 2.05) is 31.2 Å². The van der Waals surface area contributed by atoms with Crippen molar-refractivity contribution >= 4 is 51.9 Å². The Hall–Kier alpha value is -2.18. The SMILES string of the molecule is Cc1ccc(C(=O)CC2(O)C(=O)N(Cc3ccccc3Cl)c3ccc(Cl)cc32)s1. The maximum absolute atomic E-state index is 13.3. The predicted octanol–water partition coefficient (Wildman–Crippen LogP) is 5.37. The van der Waals surface area contributed by atoms with Crippen molar-refractivity contribution in [3.05, 3.63) is 85.5 Å². The minimum atomic E-state index is -1.98. The van der Waals surface area contributed by atoms with Crippen molar-refractivity contribution in [3.8, 4) is 0 Å². The van der Waals surface area contributed by atoms with Crippen molar-refractivity contribution in [3.63, 3.8) is 0 Å². The van der Waals surface area contributed by atoms with Gasteiger partial charge in [-0.1, -0.05) is 41.4 Å². The van der Waals surface area contributed by atoms with E-state index in [1.54, 1.807) is 30.3 Å². The first kappa shape index (κ1) is 20.1. The van der Waals surface area contributed by atoms with Crippen LogP contribution >= 0.6 is 34.5 Å². The Morgan fingerprint density at radius 1 is 1.14 bits per heavy atom. The summed E-state index contributed by atoms with van der Waals surface area (Å²) in [6.07, 6.45) is -0.349. The second-order valence-electron chi connectivity index (χ2n) is 7.01. The van der Waals surface area contributed by atoms with Crippen LogP contribution in [0.25, 0.3) is 0 Å². The number of carbonyl (C=O) groups excluding carboxylic acids is 2. The molecule has 3 aromatic rings. The van der Waals surface area contributed by atoms with Crippen LogP contribution in [-0.4, -0.2) is 16.8 Å². The molecule has 1 amide bonds. The Morgan fingerprint density at radius 2 is 1.90 bits per heavy atom. The van der Waals surface area contributed by atoms with Crippen LogP contribution in [0.4, 0.5) is 5.69 Å². The van der Waals surface area contributed by atoms with Gasteiger partial charge in [0.2, 0.25) is 0 Å². The number of aliphatic hydroxyl groups is 1. The van der Waals surface area contributed by atoms with E-state index in [0.717, 1.165) is 10.4 Å². The van der Waals surface area contributed by atoms with Crippen molar-refractivity contribution < 1.29 is 14.7 Å². The summed E-state index contributed by atoms with van der Waals surface area (Å²) in [4.78, 5) is 29.1. The number of halogens is 2. The molecule has 1 aliphatic rings. The number of thiophene rings is 1. The van der Waals surface area contributed by atoms with E-state index in [9.17, 15) is 14.7 Å². The molecule has 0 radical (unpaired) electrons. The molecule has 1 unspecified atom stereocenters. The highest BCUT2D eigenvalue weighted by molar-refractivity contribution is 7.14. The van der Waals surface area contributed by atoms with Crippen LogP contribution in [-0.2, 0) is 16.9 Å². The second-order valence-corrected chi connectivity index (χ2v) is 9.15. The molecule has 0 bridgehead atoms. The van der Waals surface area contributed by atoms with Gasteiger partial charge in [-0.05, 0) is 48.9 Å². The zero-order valence-electron chi connectivity index (χ0n) is 15.5. The lowest BCUT2D eigenvalue weighted by Crippen LogP contribution is -2.41. The molecule has 0 saturated heterocycles. The molecule has 4 rings (SSSR count). The van der Waals surface area contributed by atoms with Crippen LogP contribution < -0.4 is 4.90 Å². The van der Waals surface area contributed by atoms with Gasteiger partial charge in [-0.15, -0.1) is 11.3 Å². The zero-order chi connectivity index (χ0) is 20.8. The Balaban J connectivity index is 1.73. The van der Waals surface area contributed by atoms with Gasteiger partial charge in [0.05, 0.1) is 23.5 Å². The number of amides is 1. The van der Waals surface area contributed by atoms with E-state index in [-0.39, 0.29) is 18.7 Å². The van der Waals surface area contributed by atoms with Gasteiger partial charge in [0.25, 0.3) is 5.91 Å². The molecule has 7 heteroatoms. The van der Waals surface area contributed by atoms with Crippen LogP contribution in [0.1, 0.15) is 32.1 Å². The molecular formula is C22H17Cl2NO3S. The highest BCUT2D eigenvalue weighted by atomic mass is 35.5. The lowest BCUT2D eigenvalue weighted by Gasteiger charge is -2.23. The van der Waals surface area contributed by atoms with Gasteiger partial charge in [0, 0.05) is 20.5 Å². The standard InChI is InChI=1S/C22H17Cl2NO3S/c1-13-6-9-20(29-13)19(26)11-22(28)16-10-15(23)7-8-18(16)25(21(22)27)12-14-4-2-3-5-17(14)24/h2-10,28H,11-12H2,1H3. The molecular weight excluding hydrogens is 429 g/mol. The van der Waals surface area contributed by atoms with E-state index in [0.29, 0.717) is 26.2 Å². The maximum Gasteiger partial charge on any atom is 0.264 e. The van der Waals surface area contributed by atoms with Crippen molar-refractivity contribution in [1.29, 1.82) is 0 Å². The molecule has 0 saturated carbocycles. The van der Waals surface area contributed by atoms with Crippen molar-refractivity contribution in [2.24, 2.45) is 0 Å². The highest BCUT2D eigenvalue weighted by Crippen LogP contribution is 2.45. The lowest BCUT2D eigenvalue weighted by atomic mass is 9.89. The number of anilines is 1. The van der Waals surface area contributed by atoms with Crippen LogP contribution in [0.3, 0.4) is 0 Å². The van der Waals surface area contributed by atoms with Crippen molar-refractivity contribution in [2.75, 3.05) is 4.90 Å². The lowest BCUT2D eigenvalue weighted by molar-refractivity contribution is -0.136. The molecule has 1 aliphatic heterocycles. The molecule has 148 valence electrons. The van der Waals surface area contributed by atoms with Crippen LogP contribution in [0.15, 0.2) is 54.6 Å². The van der Waals surface area contributed by atoms with E-state index in [1.165, 1.54) is 16.2 Å². The maximum atomic E-state index is 13.3. The van der Waals surface area contributed by atoms with E-state index >= 15 is 0 Å². The quantitative estimate of drug-likeness (QED) is 0.536. The molecule has 0 spiro atoms. The summed E-state index contributed by atoms with van der Waals surface area (Å²) in [5, 5.41) is 12.3. The predicted molar refractivity (Wildman–Crippen MR) is 116 cm³/mol. The fraction of sp³-hybridized carbons (Fsp3) is 0.182. The Labute approximate surface area is 182 Å². The number of hydrogen-bond acceptors (Lipinski definition) is 4. The average Bonchev–Trinajstić information content (AvgIpc) is 3.20. The monoisotopic (exact) mass is 445 g/mol. The summed E-state index contributed by atoms with van der Waals surface area (Å²) in [7, 11) is 0. The normalized spacial score (nSPS) is 18.2. The third-order valence-corrected chi connectivity index (χ3v) is 6.66. The molecule has 0 fully saturated rings. The summed E-state index contributed by atoms with van der Waals surface area (Å²) in [6, 6.07) is 15.7. The number of hydrogen-bond donors (Lipinski definition) is 1. The topological polar surface area (TPSA) is 57.6 Å². The number of aryl methyl sites for hydroxylation is 1. The van der Waals surface area contributed by atoms with E-state index < -0.39 is 11.5 Å². The summed E-state index contributed by atoms with van der Waals surface area (Å²) in [5.41, 5.74) is -0.371. The van der Waals surface area contributed by atoms with Gasteiger partial charge in [0.15, 0.2) is 11.4 Å². The fourth-order valence-electron chi connectivity index (χ4n) is 3.55. The number of fused-ring (bicyclic) bond motifs is 1. The van der Waals surface area contributed by atoms with Gasteiger partial charge >= 0.3 is 0 Å². The van der Waals surface area contributed by atoms with Crippen LogP contribution in [0, 0.1) is 6.92 Å². The fourth-order valence-corrected chi connectivity index (χ4v) is 4.72. The number of carbonyl (C=O) groups is 2. The summed E-state index contributed by atoms with van der Waals surface area (Å²) in [6.45, 7) is 2.08. The van der Waals surface area contributed by atoms with E-state index in [2.05, 4.69) is 0 Å². The molecule has 2 aromatic carbocycles. The van der Waals surface area contributed by atoms with Crippen molar-refractivity contribution in [2.45, 2.75) is 25.5 Å².